The van der Waals surface area contributed by atoms with Crippen molar-refractivity contribution in [3.63, 3.8) is 0 Å². The van der Waals surface area contributed by atoms with Gasteiger partial charge in [0.15, 0.2) is 0 Å². The van der Waals surface area contributed by atoms with E-state index in [0.29, 0.717) is 124 Å². The van der Waals surface area contributed by atoms with E-state index < -0.39 is 65.2 Å². The summed E-state index contributed by atoms with van der Waals surface area (Å²) >= 11 is 0. The molecule has 2 aromatic carbocycles. The number of hydrogen-bond donors (Lipinski definition) is 9. The molecule has 29 heteroatoms. The molecule has 0 bridgehead atoms. The van der Waals surface area contributed by atoms with Crippen LogP contribution in [0.3, 0.4) is 0 Å². The molecule has 0 spiro atoms. The number of ether oxygens (including phenoxy) is 12. The molecule has 0 unspecified atom stereocenters. The third-order valence-electron chi connectivity index (χ3n) is 12.0. The topological polar surface area (TPSA) is 378 Å². The zero-order valence-electron chi connectivity index (χ0n) is 54.3. The molecule has 0 aromatic heterocycles. The number of nitrogens with one attached hydrogen (secondary N) is 7. The molecule has 0 saturated carbocycles. The van der Waals surface area contributed by atoms with Crippen molar-refractivity contribution in [3.05, 3.63) is 59.7 Å². The summed E-state index contributed by atoms with van der Waals surface area (Å²) in [6.07, 6.45) is 0.834. The van der Waals surface area contributed by atoms with Gasteiger partial charge in [0.05, 0.1) is 137 Å². The first kappa shape index (κ1) is 80.3. The number of rotatable bonds is 51. The lowest BCUT2D eigenvalue weighted by Gasteiger charge is -2.24. The van der Waals surface area contributed by atoms with Crippen LogP contribution in [-0.2, 0) is 98.5 Å². The van der Waals surface area contributed by atoms with Gasteiger partial charge in [0, 0.05) is 32.0 Å². The van der Waals surface area contributed by atoms with Crippen LogP contribution in [0.15, 0.2) is 48.5 Å². The molecule has 10 N–H and O–H groups in total. The van der Waals surface area contributed by atoms with E-state index in [0.717, 1.165) is 5.56 Å². The summed E-state index contributed by atoms with van der Waals surface area (Å²) in [4.78, 5) is 99.3. The maximum atomic E-state index is 12.6. The van der Waals surface area contributed by atoms with E-state index in [-0.39, 0.29) is 102 Å². The van der Waals surface area contributed by atoms with Crippen molar-refractivity contribution < 1.29 is 100 Å². The van der Waals surface area contributed by atoms with Crippen LogP contribution in [0.4, 0.5) is 15.3 Å². The van der Waals surface area contributed by atoms with Crippen LogP contribution in [0.2, 0.25) is 0 Å². The number of phenolic OH excluding ortho intramolecular Hbond substituents is 1. The molecule has 7 amide bonds. The molecule has 0 aliphatic rings. The molecule has 91 heavy (non-hydrogen) atoms. The standard InChI is InChI=1S/C62H102N8O21/c1-8-64-58(77)51(41-46-14-10-9-11-15-46)69-54(73)44-66-53(72)43-67-57(76)49(63)16-12-13-21-65-55(74)45-88-37-36-86-33-32-84-29-28-82-25-24-80-22-23-81-26-27-83-30-31-85-34-35-87-38-39-89-59(78)70-50-42-47(17-19-52(50)71)40-48(68-60(79)91-62(5,6)7)18-20-56(75)90-61(2,3)4/h9-11,14-15,17,19,42,48-49,51,71H,8,12-13,16,18,20-41,43-45,63H2,1-7H3,(H,64,77)(H,65,74)(H,66,72)(H,67,76)(H,68,79)(H,69,73)(H,70,78)/t48-,49+,51+/m1/s1. The van der Waals surface area contributed by atoms with Gasteiger partial charge in [-0.2, -0.15) is 0 Å². The highest BCUT2D eigenvalue weighted by molar-refractivity contribution is 5.92. The highest BCUT2D eigenvalue weighted by Crippen LogP contribution is 2.26. The first-order valence-corrected chi connectivity index (χ1v) is 30.9. The van der Waals surface area contributed by atoms with Crippen molar-refractivity contribution in [1.29, 1.82) is 0 Å². The number of aromatic hydroxyl groups is 1. The fourth-order valence-corrected chi connectivity index (χ4v) is 7.78. The highest BCUT2D eigenvalue weighted by Gasteiger charge is 2.25. The molecular weight excluding hydrogens is 1190 g/mol. The van der Waals surface area contributed by atoms with Crippen molar-refractivity contribution >= 4 is 53.4 Å². The van der Waals surface area contributed by atoms with Crippen molar-refractivity contribution in [2.45, 2.75) is 123 Å². The summed E-state index contributed by atoms with van der Waals surface area (Å²) in [6, 6.07) is 11.6. The highest BCUT2D eigenvalue weighted by atomic mass is 16.6. The number of anilines is 1. The Bertz CT molecular complexity index is 2380. The Morgan fingerprint density at radius 2 is 1.02 bits per heavy atom. The van der Waals surface area contributed by atoms with E-state index in [1.807, 2.05) is 30.3 Å². The van der Waals surface area contributed by atoms with Crippen molar-refractivity contribution in [2.24, 2.45) is 5.73 Å². The molecule has 3 atom stereocenters. The fraction of sp³-hybridized carbons (Fsp3) is 0.677. The summed E-state index contributed by atoms with van der Waals surface area (Å²) in [5.41, 5.74) is 6.20. The summed E-state index contributed by atoms with van der Waals surface area (Å²) in [5.74, 6) is -2.92. The fourth-order valence-electron chi connectivity index (χ4n) is 7.78. The van der Waals surface area contributed by atoms with Gasteiger partial charge in [-0.25, -0.2) is 9.59 Å². The van der Waals surface area contributed by atoms with Gasteiger partial charge in [0.1, 0.15) is 36.2 Å². The third kappa shape index (κ3) is 45.2. The molecular formula is C62H102N8O21. The zero-order chi connectivity index (χ0) is 67.0. The van der Waals surface area contributed by atoms with E-state index in [1.54, 1.807) is 60.6 Å². The molecule has 0 heterocycles. The lowest BCUT2D eigenvalue weighted by molar-refractivity contribution is -0.155. The number of benzene rings is 2. The molecule has 516 valence electrons. The van der Waals surface area contributed by atoms with Crippen LogP contribution in [0, 0.1) is 0 Å². The van der Waals surface area contributed by atoms with Gasteiger partial charge in [0.25, 0.3) is 0 Å². The second kappa shape index (κ2) is 48.9. The second-order valence-electron chi connectivity index (χ2n) is 22.4. The van der Waals surface area contributed by atoms with Crippen LogP contribution >= 0.6 is 0 Å². The smallest absolute Gasteiger partial charge is 0.411 e. The summed E-state index contributed by atoms with van der Waals surface area (Å²) in [7, 11) is 0. The SMILES string of the molecule is CCNC(=O)[C@H](Cc1ccccc1)NC(=O)CNC(=O)CNC(=O)[C@@H](N)CCCCNC(=O)COCCOCCOCCOCCOCCOCCOCCOCCOCCOC(=O)Nc1cc(C[C@@H](CCC(=O)OC(C)(C)C)NC(=O)OC(C)(C)C)ccc1O. The molecule has 0 saturated heterocycles. The largest absolute Gasteiger partial charge is 0.506 e. The predicted octanol–water partition coefficient (Wildman–Crippen LogP) is 2.36. The Labute approximate surface area is 534 Å². The third-order valence-corrected chi connectivity index (χ3v) is 12.0. The van der Waals surface area contributed by atoms with Crippen molar-refractivity contribution in [1.82, 2.24) is 31.9 Å². The van der Waals surface area contributed by atoms with Crippen LogP contribution in [0.1, 0.15) is 91.7 Å². The number of carbonyl (C=O) groups is 8. The maximum Gasteiger partial charge on any atom is 0.411 e. The number of alkyl carbamates (subject to hydrolysis) is 1. The Kier molecular flexibility index (Phi) is 43.2. The van der Waals surface area contributed by atoms with Crippen molar-refractivity contribution in [2.75, 3.05) is 157 Å². The lowest BCUT2D eigenvalue weighted by atomic mass is 10.0. The van der Waals surface area contributed by atoms with Gasteiger partial charge in [-0.15, -0.1) is 0 Å². The van der Waals surface area contributed by atoms with Gasteiger partial charge >= 0.3 is 18.2 Å². The Morgan fingerprint density at radius 1 is 0.505 bits per heavy atom. The van der Waals surface area contributed by atoms with E-state index in [4.69, 9.17) is 62.6 Å². The molecule has 0 aliphatic carbocycles. The van der Waals surface area contributed by atoms with E-state index in [2.05, 4.69) is 37.2 Å². The van der Waals surface area contributed by atoms with E-state index >= 15 is 0 Å². The summed E-state index contributed by atoms with van der Waals surface area (Å²) in [5, 5.41) is 28.7. The summed E-state index contributed by atoms with van der Waals surface area (Å²) in [6.45, 7) is 18.0. The molecule has 0 fully saturated rings. The minimum Gasteiger partial charge on any atom is -0.506 e. The molecule has 0 aliphatic heterocycles. The van der Waals surface area contributed by atoms with Crippen LogP contribution in [-0.4, -0.2) is 234 Å². The van der Waals surface area contributed by atoms with Gasteiger partial charge in [0.2, 0.25) is 29.5 Å². The number of amides is 7. The Hall–Kier alpha value is -6.80. The van der Waals surface area contributed by atoms with Gasteiger partial charge in [-0.3, -0.25) is 34.1 Å². The monoisotopic (exact) mass is 1290 g/mol. The molecule has 2 aromatic rings. The number of unbranched alkanes of at least 4 members (excludes halogenated alkanes) is 1. The van der Waals surface area contributed by atoms with Crippen LogP contribution in [0.5, 0.6) is 5.75 Å². The Balaban J connectivity index is 1.34. The molecule has 0 radical (unpaired) electrons. The quantitative estimate of drug-likeness (QED) is 0.0199. The minimum absolute atomic E-state index is 0.0477. The number of hydrogen-bond acceptors (Lipinski definition) is 22. The molecule has 2 rings (SSSR count). The summed E-state index contributed by atoms with van der Waals surface area (Å²) < 4.78 is 65.3. The van der Waals surface area contributed by atoms with E-state index in [9.17, 15) is 43.5 Å². The average molecular weight is 1300 g/mol. The first-order chi connectivity index (χ1) is 43.5. The lowest BCUT2D eigenvalue weighted by Crippen LogP contribution is -2.51. The minimum atomic E-state index is -0.871. The first-order valence-electron chi connectivity index (χ1n) is 30.9. The van der Waals surface area contributed by atoms with Crippen LogP contribution in [0.25, 0.3) is 0 Å². The Morgan fingerprint density at radius 3 is 1.55 bits per heavy atom. The number of likely N-dealkylation sites (N-methyl/N-ethyl adjacent to an activating group) is 1. The normalized spacial score (nSPS) is 12.4. The number of esters is 1. The van der Waals surface area contributed by atoms with Gasteiger partial charge in [-0.1, -0.05) is 36.4 Å². The van der Waals surface area contributed by atoms with Crippen LogP contribution < -0.4 is 43.0 Å². The number of phenols is 1. The predicted molar refractivity (Wildman–Crippen MR) is 334 cm³/mol. The number of carbonyl (C=O) groups excluding carboxylic acids is 8. The number of nitrogens with two attached hydrogens (primary N) is 1. The van der Waals surface area contributed by atoms with E-state index in [1.165, 1.54) is 6.07 Å². The second-order valence-corrected chi connectivity index (χ2v) is 22.4. The average Bonchev–Trinajstić information content (AvgIpc) is 2.70. The van der Waals surface area contributed by atoms with Gasteiger partial charge in [-0.05, 0) is 104 Å². The zero-order valence-corrected chi connectivity index (χ0v) is 54.3. The van der Waals surface area contributed by atoms with Crippen molar-refractivity contribution in [3.8, 4) is 5.75 Å². The molecule has 29 nitrogen and oxygen atoms in total. The maximum absolute atomic E-state index is 12.6. The van der Waals surface area contributed by atoms with Gasteiger partial charge < -0.3 is 99.6 Å².